The van der Waals surface area contributed by atoms with Crippen LogP contribution in [0.2, 0.25) is 0 Å². The van der Waals surface area contributed by atoms with Crippen molar-refractivity contribution in [1.82, 2.24) is 14.5 Å². The van der Waals surface area contributed by atoms with Crippen molar-refractivity contribution in [2.75, 3.05) is 0 Å². The maximum atomic E-state index is 11.3. The number of aromatic nitrogens is 3. The Labute approximate surface area is 199 Å². The maximum Gasteiger partial charge on any atom is 0.234 e. The second-order valence-electron chi connectivity index (χ2n) is 8.37. The number of primary amides is 1. The molecule has 0 saturated heterocycles. The molecule has 3 heterocycles. The van der Waals surface area contributed by atoms with Gasteiger partial charge in [0.15, 0.2) is 0 Å². The van der Waals surface area contributed by atoms with E-state index in [1.54, 1.807) is 11.3 Å². The number of pyridine rings is 1. The average molecular weight is 464 g/mol. The first-order chi connectivity index (χ1) is 16.6. The molecular formula is C27H21N5OS. The minimum atomic E-state index is -0.692. The Kier molecular flexibility index (Phi) is 4.86. The molecule has 6 aromatic rings. The minimum absolute atomic E-state index is 0.408. The van der Waals surface area contributed by atoms with Crippen LogP contribution in [-0.4, -0.2) is 26.5 Å². The van der Waals surface area contributed by atoms with Crippen LogP contribution < -0.4 is 11.5 Å². The molecule has 1 atom stereocenters. The topological polar surface area (TPSA) is 99.8 Å². The smallest absolute Gasteiger partial charge is 0.234 e. The van der Waals surface area contributed by atoms with Crippen LogP contribution in [0.25, 0.3) is 48.2 Å². The molecule has 0 saturated carbocycles. The summed E-state index contributed by atoms with van der Waals surface area (Å²) < 4.78 is 3.35. The number of amides is 1. The highest BCUT2D eigenvalue weighted by molar-refractivity contribution is 7.22. The monoisotopic (exact) mass is 463 g/mol. The zero-order valence-corrected chi connectivity index (χ0v) is 19.0. The fourth-order valence-corrected chi connectivity index (χ4v) is 5.37. The van der Waals surface area contributed by atoms with Crippen molar-refractivity contribution in [1.29, 1.82) is 0 Å². The Morgan fingerprint density at radius 1 is 0.971 bits per heavy atom. The first kappa shape index (κ1) is 20.5. The summed E-state index contributed by atoms with van der Waals surface area (Å²) in [5.41, 5.74) is 17.0. The number of nitrogens with zero attached hydrogens (tertiary/aromatic N) is 3. The largest absolute Gasteiger partial charge is 0.368 e. The number of thiophene rings is 1. The summed E-state index contributed by atoms with van der Waals surface area (Å²) >= 11 is 1.79. The van der Waals surface area contributed by atoms with E-state index in [2.05, 4.69) is 63.1 Å². The van der Waals surface area contributed by atoms with Crippen molar-refractivity contribution in [2.24, 2.45) is 11.5 Å². The standard InChI is InChI=1S/C27H21N5OS/c28-21(27(29)33)11-16-5-8-19(9-6-16)32-15-31-23-14-30-22-10-7-18(12-20(22)26(23)32)25-13-17-3-1-2-4-24(17)34-25/h1-10,12-15,21H,11,28H2,(H2,29,33). The molecular weight excluding hydrogens is 442 g/mol. The van der Waals surface area contributed by atoms with Gasteiger partial charge in [-0.3, -0.25) is 14.3 Å². The number of nitrogens with two attached hydrogens (primary N) is 2. The van der Waals surface area contributed by atoms with Crippen LogP contribution in [0.3, 0.4) is 0 Å². The number of carbonyl (C=O) groups is 1. The van der Waals surface area contributed by atoms with E-state index >= 15 is 0 Å². The molecule has 166 valence electrons. The van der Waals surface area contributed by atoms with Gasteiger partial charge in [0.05, 0.1) is 23.3 Å². The normalized spacial score (nSPS) is 12.5. The molecule has 0 aliphatic heterocycles. The van der Waals surface area contributed by atoms with E-state index in [9.17, 15) is 4.79 Å². The molecule has 7 heteroatoms. The van der Waals surface area contributed by atoms with Crippen molar-refractivity contribution in [3.63, 3.8) is 0 Å². The van der Waals surface area contributed by atoms with E-state index in [4.69, 9.17) is 11.5 Å². The number of imidazole rings is 1. The Hall–Kier alpha value is -4.07. The van der Waals surface area contributed by atoms with E-state index in [0.29, 0.717) is 6.42 Å². The maximum absolute atomic E-state index is 11.3. The molecule has 3 aromatic carbocycles. The lowest BCUT2D eigenvalue weighted by Gasteiger charge is -2.10. The quantitative estimate of drug-likeness (QED) is 0.383. The lowest BCUT2D eigenvalue weighted by atomic mass is 10.1. The van der Waals surface area contributed by atoms with Crippen LogP contribution in [-0.2, 0) is 11.2 Å². The summed E-state index contributed by atoms with van der Waals surface area (Å²) in [6.07, 6.45) is 4.04. The number of carbonyl (C=O) groups excluding carboxylic acids is 1. The highest BCUT2D eigenvalue weighted by Gasteiger charge is 2.14. The summed E-state index contributed by atoms with van der Waals surface area (Å²) in [7, 11) is 0. The lowest BCUT2D eigenvalue weighted by Crippen LogP contribution is -2.38. The molecule has 34 heavy (non-hydrogen) atoms. The van der Waals surface area contributed by atoms with Gasteiger partial charge in [0, 0.05) is 20.7 Å². The van der Waals surface area contributed by atoms with E-state index in [1.165, 1.54) is 15.0 Å². The first-order valence-electron chi connectivity index (χ1n) is 11.0. The van der Waals surface area contributed by atoms with Gasteiger partial charge in [-0.2, -0.15) is 0 Å². The third kappa shape index (κ3) is 3.51. The van der Waals surface area contributed by atoms with Gasteiger partial charge in [-0.1, -0.05) is 36.4 Å². The summed E-state index contributed by atoms with van der Waals surface area (Å²) in [6.45, 7) is 0. The number of benzene rings is 3. The molecule has 6 nitrogen and oxygen atoms in total. The molecule has 0 aliphatic carbocycles. The fraction of sp³-hybridized carbons (Fsp3) is 0.0741. The first-order valence-corrected chi connectivity index (χ1v) is 11.8. The second kappa shape index (κ2) is 8.06. The van der Waals surface area contributed by atoms with Crippen molar-refractivity contribution >= 4 is 49.3 Å². The van der Waals surface area contributed by atoms with Crippen LogP contribution in [0.4, 0.5) is 0 Å². The second-order valence-corrected chi connectivity index (χ2v) is 9.45. The third-order valence-electron chi connectivity index (χ3n) is 6.12. The molecule has 0 bridgehead atoms. The lowest BCUT2D eigenvalue weighted by molar-refractivity contribution is -0.119. The van der Waals surface area contributed by atoms with E-state index in [1.807, 2.05) is 36.8 Å². The summed E-state index contributed by atoms with van der Waals surface area (Å²) in [4.78, 5) is 21.7. The van der Waals surface area contributed by atoms with Gasteiger partial charge in [-0.25, -0.2) is 4.98 Å². The SMILES string of the molecule is NC(=O)C(N)Cc1ccc(-n2cnc3cnc4ccc(-c5cc6ccccc6s5)cc4c32)cc1. The predicted octanol–water partition coefficient (Wildman–Crippen LogP) is 4.81. The third-order valence-corrected chi connectivity index (χ3v) is 7.28. The van der Waals surface area contributed by atoms with Crippen molar-refractivity contribution in [2.45, 2.75) is 12.5 Å². The van der Waals surface area contributed by atoms with Gasteiger partial charge in [0.2, 0.25) is 5.91 Å². The van der Waals surface area contributed by atoms with Crippen LogP contribution in [0.15, 0.2) is 85.3 Å². The summed E-state index contributed by atoms with van der Waals surface area (Å²) in [5, 5.41) is 2.30. The molecule has 0 aliphatic rings. The average Bonchev–Trinajstić information content (AvgIpc) is 3.49. The number of hydrogen-bond acceptors (Lipinski definition) is 5. The van der Waals surface area contributed by atoms with Crippen molar-refractivity contribution in [3.8, 4) is 16.1 Å². The highest BCUT2D eigenvalue weighted by Crippen LogP contribution is 2.36. The molecule has 6 rings (SSSR count). The van der Waals surface area contributed by atoms with Crippen molar-refractivity contribution < 1.29 is 4.79 Å². The number of hydrogen-bond donors (Lipinski definition) is 2. The van der Waals surface area contributed by atoms with Gasteiger partial charge in [0.1, 0.15) is 11.8 Å². The molecule has 0 spiro atoms. The van der Waals surface area contributed by atoms with Crippen LogP contribution in [0, 0.1) is 0 Å². The van der Waals surface area contributed by atoms with E-state index in [-0.39, 0.29) is 0 Å². The number of fused-ring (bicyclic) bond motifs is 4. The summed E-state index contributed by atoms with van der Waals surface area (Å²) in [5.74, 6) is -0.502. The molecule has 1 amide bonds. The predicted molar refractivity (Wildman–Crippen MR) is 138 cm³/mol. The van der Waals surface area contributed by atoms with Crippen LogP contribution >= 0.6 is 11.3 Å². The Balaban J connectivity index is 1.46. The molecule has 0 radical (unpaired) electrons. The van der Waals surface area contributed by atoms with Gasteiger partial charge in [-0.05, 0) is 59.3 Å². The van der Waals surface area contributed by atoms with Gasteiger partial charge >= 0.3 is 0 Å². The molecule has 0 fully saturated rings. The number of rotatable bonds is 5. The highest BCUT2D eigenvalue weighted by atomic mass is 32.1. The van der Waals surface area contributed by atoms with Gasteiger partial charge in [-0.15, -0.1) is 11.3 Å². The molecule has 4 N–H and O–H groups in total. The van der Waals surface area contributed by atoms with Gasteiger partial charge in [0.25, 0.3) is 0 Å². The Morgan fingerprint density at radius 2 is 1.79 bits per heavy atom. The Bertz CT molecular complexity index is 1650. The zero-order valence-electron chi connectivity index (χ0n) is 18.2. The zero-order chi connectivity index (χ0) is 23.2. The van der Waals surface area contributed by atoms with E-state index < -0.39 is 11.9 Å². The Morgan fingerprint density at radius 3 is 2.59 bits per heavy atom. The van der Waals surface area contributed by atoms with Crippen LogP contribution in [0.5, 0.6) is 0 Å². The van der Waals surface area contributed by atoms with E-state index in [0.717, 1.165) is 38.8 Å². The van der Waals surface area contributed by atoms with Crippen LogP contribution in [0.1, 0.15) is 5.56 Å². The minimum Gasteiger partial charge on any atom is -0.368 e. The molecule has 1 unspecified atom stereocenters. The fourth-order valence-electron chi connectivity index (χ4n) is 4.31. The van der Waals surface area contributed by atoms with Crippen molar-refractivity contribution in [3.05, 3.63) is 90.9 Å². The van der Waals surface area contributed by atoms with Gasteiger partial charge < -0.3 is 11.5 Å². The summed E-state index contributed by atoms with van der Waals surface area (Å²) in [6, 6.07) is 24.3. The molecule has 3 aromatic heterocycles.